The summed E-state index contributed by atoms with van der Waals surface area (Å²) in [5.41, 5.74) is 3.10. The highest BCUT2D eigenvalue weighted by molar-refractivity contribution is 6.02. The van der Waals surface area contributed by atoms with Gasteiger partial charge in [0.15, 0.2) is 0 Å². The highest BCUT2D eigenvalue weighted by Gasteiger charge is 2.37. The lowest BCUT2D eigenvalue weighted by Gasteiger charge is -2.20. The van der Waals surface area contributed by atoms with Crippen molar-refractivity contribution in [3.05, 3.63) is 35.4 Å². The van der Waals surface area contributed by atoms with Gasteiger partial charge in [0.2, 0.25) is 0 Å². The number of rotatable bonds is 5. The molecule has 1 aliphatic heterocycles. The Hall–Kier alpha value is -1.62. The second-order valence-electron chi connectivity index (χ2n) is 6.16. The predicted octanol–water partition coefficient (Wildman–Crippen LogP) is 4.34. The Morgan fingerprint density at radius 2 is 2.20 bits per heavy atom. The zero-order chi connectivity index (χ0) is 13.9. The van der Waals surface area contributed by atoms with Gasteiger partial charge in [-0.1, -0.05) is 25.5 Å². The SMILES string of the molecule is CCCC(C1CC1)[C@@H]1CCC(c2cccc(C#N)c2)=N1. The van der Waals surface area contributed by atoms with Crippen molar-refractivity contribution in [2.24, 2.45) is 16.8 Å². The van der Waals surface area contributed by atoms with Gasteiger partial charge in [-0.05, 0) is 61.6 Å². The first-order chi connectivity index (χ1) is 9.81. The van der Waals surface area contributed by atoms with E-state index in [0.717, 1.165) is 29.4 Å². The lowest BCUT2D eigenvalue weighted by atomic mass is 9.89. The lowest BCUT2D eigenvalue weighted by molar-refractivity contribution is 0.347. The maximum atomic E-state index is 9.01. The Bertz CT molecular complexity index is 549. The molecule has 0 aromatic heterocycles. The highest BCUT2D eigenvalue weighted by Crippen LogP contribution is 2.44. The average Bonchev–Trinajstić information content (AvgIpc) is 3.21. The van der Waals surface area contributed by atoms with E-state index in [1.807, 2.05) is 18.2 Å². The molecule has 104 valence electrons. The third-order valence-corrected chi connectivity index (χ3v) is 4.67. The van der Waals surface area contributed by atoms with Crippen molar-refractivity contribution in [2.45, 2.75) is 51.5 Å². The van der Waals surface area contributed by atoms with Gasteiger partial charge in [0.1, 0.15) is 0 Å². The molecule has 0 N–H and O–H groups in total. The van der Waals surface area contributed by atoms with Crippen molar-refractivity contribution in [1.29, 1.82) is 5.26 Å². The summed E-state index contributed by atoms with van der Waals surface area (Å²) in [6, 6.07) is 10.6. The first-order valence-corrected chi connectivity index (χ1v) is 7.89. The van der Waals surface area contributed by atoms with E-state index in [2.05, 4.69) is 19.1 Å². The minimum absolute atomic E-state index is 0.531. The molecule has 0 spiro atoms. The Balaban J connectivity index is 1.78. The zero-order valence-corrected chi connectivity index (χ0v) is 12.2. The summed E-state index contributed by atoms with van der Waals surface area (Å²) < 4.78 is 0. The van der Waals surface area contributed by atoms with Crippen molar-refractivity contribution in [3.63, 3.8) is 0 Å². The minimum Gasteiger partial charge on any atom is -0.286 e. The third-order valence-electron chi connectivity index (χ3n) is 4.67. The Morgan fingerprint density at radius 1 is 1.35 bits per heavy atom. The van der Waals surface area contributed by atoms with Crippen LogP contribution in [0.25, 0.3) is 0 Å². The van der Waals surface area contributed by atoms with Gasteiger partial charge in [-0.15, -0.1) is 0 Å². The molecule has 1 heterocycles. The summed E-state index contributed by atoms with van der Waals surface area (Å²) in [6.07, 6.45) is 7.70. The summed E-state index contributed by atoms with van der Waals surface area (Å²) >= 11 is 0. The molecule has 1 saturated carbocycles. The van der Waals surface area contributed by atoms with Crippen molar-refractivity contribution in [1.82, 2.24) is 0 Å². The van der Waals surface area contributed by atoms with Crippen LogP contribution in [0.1, 0.15) is 56.6 Å². The molecule has 0 bridgehead atoms. The van der Waals surface area contributed by atoms with Crippen LogP contribution in [0.3, 0.4) is 0 Å². The number of aliphatic imine (C=N–C) groups is 1. The molecule has 20 heavy (non-hydrogen) atoms. The zero-order valence-electron chi connectivity index (χ0n) is 12.2. The number of benzene rings is 1. The summed E-state index contributed by atoms with van der Waals surface area (Å²) in [5, 5.41) is 9.01. The summed E-state index contributed by atoms with van der Waals surface area (Å²) in [6.45, 7) is 2.28. The van der Waals surface area contributed by atoms with Gasteiger partial charge in [0.05, 0.1) is 17.7 Å². The smallest absolute Gasteiger partial charge is 0.0991 e. The molecule has 0 saturated heterocycles. The van der Waals surface area contributed by atoms with E-state index in [4.69, 9.17) is 10.3 Å². The molecule has 1 aromatic carbocycles. The van der Waals surface area contributed by atoms with Gasteiger partial charge in [0.25, 0.3) is 0 Å². The van der Waals surface area contributed by atoms with E-state index < -0.39 is 0 Å². The summed E-state index contributed by atoms with van der Waals surface area (Å²) in [5.74, 6) is 1.74. The van der Waals surface area contributed by atoms with Gasteiger partial charge in [-0.3, -0.25) is 4.99 Å². The van der Waals surface area contributed by atoms with Crippen LogP contribution in [0.2, 0.25) is 0 Å². The van der Waals surface area contributed by atoms with Crippen LogP contribution in [-0.2, 0) is 0 Å². The van der Waals surface area contributed by atoms with Crippen LogP contribution in [0.5, 0.6) is 0 Å². The van der Waals surface area contributed by atoms with Gasteiger partial charge in [-0.2, -0.15) is 5.26 Å². The Kier molecular flexibility index (Phi) is 3.87. The van der Waals surface area contributed by atoms with Gasteiger partial charge >= 0.3 is 0 Å². The van der Waals surface area contributed by atoms with Crippen molar-refractivity contribution in [2.75, 3.05) is 0 Å². The molecular weight excluding hydrogens is 244 g/mol. The van der Waals surface area contributed by atoms with E-state index in [1.165, 1.54) is 37.8 Å². The largest absolute Gasteiger partial charge is 0.286 e. The maximum Gasteiger partial charge on any atom is 0.0991 e. The monoisotopic (exact) mass is 266 g/mol. The summed E-state index contributed by atoms with van der Waals surface area (Å²) in [7, 11) is 0. The predicted molar refractivity (Wildman–Crippen MR) is 81.8 cm³/mol. The molecule has 0 amide bonds. The Morgan fingerprint density at radius 3 is 2.90 bits per heavy atom. The van der Waals surface area contributed by atoms with Gasteiger partial charge in [0, 0.05) is 5.71 Å². The van der Waals surface area contributed by atoms with Crippen LogP contribution in [0.15, 0.2) is 29.3 Å². The van der Waals surface area contributed by atoms with Crippen LogP contribution in [0.4, 0.5) is 0 Å². The van der Waals surface area contributed by atoms with E-state index >= 15 is 0 Å². The first-order valence-electron chi connectivity index (χ1n) is 7.89. The van der Waals surface area contributed by atoms with Crippen LogP contribution in [0, 0.1) is 23.2 Å². The van der Waals surface area contributed by atoms with Crippen molar-refractivity contribution < 1.29 is 0 Å². The molecule has 2 heteroatoms. The van der Waals surface area contributed by atoms with Crippen LogP contribution >= 0.6 is 0 Å². The number of hydrogen-bond acceptors (Lipinski definition) is 2. The van der Waals surface area contributed by atoms with Crippen LogP contribution in [-0.4, -0.2) is 11.8 Å². The molecule has 1 aromatic rings. The Labute approximate surface area is 121 Å². The third kappa shape index (κ3) is 2.77. The molecule has 2 aliphatic rings. The second-order valence-corrected chi connectivity index (χ2v) is 6.16. The number of nitrogens with zero attached hydrogens (tertiary/aromatic N) is 2. The molecule has 2 nitrogen and oxygen atoms in total. The van der Waals surface area contributed by atoms with Crippen molar-refractivity contribution in [3.8, 4) is 6.07 Å². The fourth-order valence-corrected chi connectivity index (χ4v) is 3.51. The van der Waals surface area contributed by atoms with Gasteiger partial charge < -0.3 is 0 Å². The molecule has 1 unspecified atom stereocenters. The lowest BCUT2D eigenvalue weighted by Crippen LogP contribution is -2.18. The van der Waals surface area contributed by atoms with E-state index in [9.17, 15) is 0 Å². The summed E-state index contributed by atoms with van der Waals surface area (Å²) in [4.78, 5) is 5.02. The van der Waals surface area contributed by atoms with Crippen molar-refractivity contribution >= 4 is 5.71 Å². The quantitative estimate of drug-likeness (QED) is 0.781. The first kappa shape index (κ1) is 13.4. The molecule has 2 atom stereocenters. The maximum absolute atomic E-state index is 9.01. The average molecular weight is 266 g/mol. The molecule has 0 radical (unpaired) electrons. The second kappa shape index (κ2) is 5.79. The standard InChI is InChI=1S/C18H22N2/c1-2-4-16(14-7-8-14)18-10-9-17(20-18)15-6-3-5-13(11-15)12-19/h3,5-6,11,14,16,18H,2,4,7-10H2,1H3/t16?,18-/m0/s1. The van der Waals surface area contributed by atoms with E-state index in [1.54, 1.807) is 0 Å². The minimum atomic E-state index is 0.531. The fraction of sp³-hybridized carbons (Fsp3) is 0.556. The molecular formula is C18H22N2. The molecule has 1 aliphatic carbocycles. The van der Waals surface area contributed by atoms with Gasteiger partial charge in [-0.25, -0.2) is 0 Å². The highest BCUT2D eigenvalue weighted by atomic mass is 14.8. The molecule has 3 rings (SSSR count). The normalized spacial score (nSPS) is 23.2. The van der Waals surface area contributed by atoms with E-state index in [0.29, 0.717) is 6.04 Å². The topological polar surface area (TPSA) is 36.1 Å². The van der Waals surface area contributed by atoms with Crippen LogP contribution < -0.4 is 0 Å². The number of nitriles is 1. The molecule has 1 fully saturated rings. The number of hydrogen-bond donors (Lipinski definition) is 0. The fourth-order valence-electron chi connectivity index (χ4n) is 3.51. The van der Waals surface area contributed by atoms with E-state index in [-0.39, 0.29) is 0 Å².